The van der Waals surface area contributed by atoms with Gasteiger partial charge >= 0.3 is 0 Å². The summed E-state index contributed by atoms with van der Waals surface area (Å²) in [6.45, 7) is 3.76. The van der Waals surface area contributed by atoms with Crippen LogP contribution in [0.4, 0.5) is 0 Å². The number of carbonyl (C=O) groups is 1. The Balaban J connectivity index is 1.77. The summed E-state index contributed by atoms with van der Waals surface area (Å²) in [6, 6.07) is 8.36. The molecule has 0 aliphatic carbocycles. The minimum Gasteiger partial charge on any atom is -0.393 e. The van der Waals surface area contributed by atoms with Gasteiger partial charge in [-0.15, -0.1) is 0 Å². The molecule has 3 N–H and O–H groups in total. The van der Waals surface area contributed by atoms with Gasteiger partial charge in [0.2, 0.25) is 5.91 Å². The van der Waals surface area contributed by atoms with Crippen molar-refractivity contribution in [3.63, 3.8) is 0 Å². The number of amides is 1. The van der Waals surface area contributed by atoms with Gasteiger partial charge in [0.1, 0.15) is 0 Å². The molecule has 1 aromatic rings. The van der Waals surface area contributed by atoms with E-state index in [0.717, 1.165) is 38.0 Å². The van der Waals surface area contributed by atoms with Gasteiger partial charge in [-0.3, -0.25) is 9.69 Å². The molecule has 2 rings (SSSR count). The summed E-state index contributed by atoms with van der Waals surface area (Å²) in [5.74, 6) is 0.00782. The molecule has 5 nitrogen and oxygen atoms in total. The number of hydrogen-bond acceptors (Lipinski definition) is 4. The number of hydrogen-bond donors (Lipinski definition) is 3. The zero-order valence-corrected chi connectivity index (χ0v) is 12.6. The lowest BCUT2D eigenvalue weighted by Crippen LogP contribution is -2.35. The van der Waals surface area contributed by atoms with Crippen molar-refractivity contribution in [1.29, 1.82) is 0 Å². The quantitative estimate of drug-likeness (QED) is 0.713. The standard InChI is InChI=1S/C16H25N3O2/c1-17-11-16(21)18-10-13-2-4-14(5-3-13)12-19-8-6-15(20)7-9-19/h2-5,15,17,20H,6-12H2,1H3,(H,18,21). The fraction of sp³-hybridized carbons (Fsp3) is 0.562. The van der Waals surface area contributed by atoms with Crippen molar-refractivity contribution in [3.8, 4) is 0 Å². The molecule has 0 spiro atoms. The van der Waals surface area contributed by atoms with E-state index in [2.05, 4.69) is 39.8 Å². The molecule has 21 heavy (non-hydrogen) atoms. The van der Waals surface area contributed by atoms with Crippen LogP contribution in [0.15, 0.2) is 24.3 Å². The highest BCUT2D eigenvalue weighted by Crippen LogP contribution is 2.14. The molecule has 0 unspecified atom stereocenters. The van der Waals surface area contributed by atoms with Gasteiger partial charge in [0.25, 0.3) is 0 Å². The van der Waals surface area contributed by atoms with Crippen LogP contribution < -0.4 is 10.6 Å². The Labute approximate surface area is 126 Å². The molecular weight excluding hydrogens is 266 g/mol. The van der Waals surface area contributed by atoms with E-state index in [1.807, 2.05) is 0 Å². The number of likely N-dealkylation sites (N-methyl/N-ethyl adjacent to an activating group) is 1. The zero-order chi connectivity index (χ0) is 15.1. The van der Waals surface area contributed by atoms with Crippen molar-refractivity contribution in [1.82, 2.24) is 15.5 Å². The SMILES string of the molecule is CNCC(=O)NCc1ccc(CN2CCC(O)CC2)cc1. The number of aliphatic hydroxyl groups is 1. The average molecular weight is 291 g/mol. The Morgan fingerprint density at radius 1 is 1.24 bits per heavy atom. The van der Waals surface area contributed by atoms with Gasteiger partial charge in [0, 0.05) is 26.2 Å². The number of likely N-dealkylation sites (tertiary alicyclic amines) is 1. The Morgan fingerprint density at radius 3 is 2.48 bits per heavy atom. The van der Waals surface area contributed by atoms with Crippen molar-refractivity contribution in [2.24, 2.45) is 0 Å². The molecule has 1 heterocycles. The highest BCUT2D eigenvalue weighted by Gasteiger charge is 2.16. The minimum atomic E-state index is -0.121. The Morgan fingerprint density at radius 2 is 1.86 bits per heavy atom. The van der Waals surface area contributed by atoms with E-state index in [-0.39, 0.29) is 12.0 Å². The Hall–Kier alpha value is -1.43. The van der Waals surface area contributed by atoms with Gasteiger partial charge < -0.3 is 15.7 Å². The number of rotatable bonds is 6. The van der Waals surface area contributed by atoms with Crippen molar-refractivity contribution in [2.45, 2.75) is 32.0 Å². The van der Waals surface area contributed by atoms with Crippen LogP contribution in [-0.4, -0.2) is 48.7 Å². The van der Waals surface area contributed by atoms with E-state index >= 15 is 0 Å². The lowest BCUT2D eigenvalue weighted by Gasteiger charge is -2.29. The number of nitrogens with one attached hydrogen (secondary N) is 2. The first-order valence-electron chi connectivity index (χ1n) is 7.57. The van der Waals surface area contributed by atoms with E-state index in [1.54, 1.807) is 7.05 Å². The summed E-state index contributed by atoms with van der Waals surface area (Å²) in [7, 11) is 1.76. The van der Waals surface area contributed by atoms with Crippen molar-refractivity contribution < 1.29 is 9.90 Å². The minimum absolute atomic E-state index is 0.00782. The van der Waals surface area contributed by atoms with Crippen LogP contribution in [0.5, 0.6) is 0 Å². The third-order valence-electron chi connectivity index (χ3n) is 3.81. The molecule has 1 aliphatic rings. The van der Waals surface area contributed by atoms with Crippen molar-refractivity contribution >= 4 is 5.91 Å². The topological polar surface area (TPSA) is 64.6 Å². The van der Waals surface area contributed by atoms with E-state index in [0.29, 0.717) is 13.1 Å². The van der Waals surface area contributed by atoms with Crippen LogP contribution in [0.2, 0.25) is 0 Å². The highest BCUT2D eigenvalue weighted by atomic mass is 16.3. The smallest absolute Gasteiger partial charge is 0.234 e. The van der Waals surface area contributed by atoms with Crippen LogP contribution in [-0.2, 0) is 17.9 Å². The zero-order valence-electron chi connectivity index (χ0n) is 12.6. The summed E-state index contributed by atoms with van der Waals surface area (Å²) >= 11 is 0. The van der Waals surface area contributed by atoms with Crippen LogP contribution >= 0.6 is 0 Å². The van der Waals surface area contributed by atoms with E-state index in [1.165, 1.54) is 5.56 Å². The Bertz CT molecular complexity index is 439. The van der Waals surface area contributed by atoms with Gasteiger partial charge in [-0.05, 0) is 31.0 Å². The van der Waals surface area contributed by atoms with Gasteiger partial charge in [0.15, 0.2) is 0 Å². The van der Waals surface area contributed by atoms with Crippen molar-refractivity contribution in [2.75, 3.05) is 26.7 Å². The first-order chi connectivity index (χ1) is 10.2. The molecule has 1 amide bonds. The average Bonchev–Trinajstić information content (AvgIpc) is 2.49. The Kier molecular flexibility index (Phi) is 6.17. The molecule has 0 radical (unpaired) electrons. The summed E-state index contributed by atoms with van der Waals surface area (Å²) in [6.07, 6.45) is 1.62. The molecule has 1 fully saturated rings. The largest absolute Gasteiger partial charge is 0.393 e. The van der Waals surface area contributed by atoms with Gasteiger partial charge in [-0.1, -0.05) is 24.3 Å². The van der Waals surface area contributed by atoms with Gasteiger partial charge in [-0.2, -0.15) is 0 Å². The molecule has 116 valence electrons. The number of aliphatic hydroxyl groups excluding tert-OH is 1. The second-order valence-corrected chi connectivity index (χ2v) is 5.63. The second-order valence-electron chi connectivity index (χ2n) is 5.63. The van der Waals surface area contributed by atoms with E-state index < -0.39 is 0 Å². The molecule has 1 aromatic carbocycles. The third-order valence-corrected chi connectivity index (χ3v) is 3.81. The maximum Gasteiger partial charge on any atom is 0.234 e. The molecule has 0 atom stereocenters. The second kappa shape index (κ2) is 8.12. The summed E-state index contributed by atoms with van der Waals surface area (Å²) < 4.78 is 0. The maximum atomic E-state index is 11.4. The number of benzene rings is 1. The fourth-order valence-corrected chi connectivity index (χ4v) is 2.52. The molecule has 0 aromatic heterocycles. The lowest BCUT2D eigenvalue weighted by molar-refractivity contribution is -0.120. The lowest BCUT2D eigenvalue weighted by atomic mass is 10.1. The van der Waals surface area contributed by atoms with Crippen molar-refractivity contribution in [3.05, 3.63) is 35.4 Å². The van der Waals surface area contributed by atoms with Crippen LogP contribution in [0.1, 0.15) is 24.0 Å². The molecule has 5 heteroatoms. The van der Waals surface area contributed by atoms with E-state index in [4.69, 9.17) is 0 Å². The molecule has 0 saturated carbocycles. The summed E-state index contributed by atoms with van der Waals surface area (Å²) in [4.78, 5) is 13.7. The highest BCUT2D eigenvalue weighted by molar-refractivity contribution is 5.77. The molecule has 1 saturated heterocycles. The number of piperidine rings is 1. The first-order valence-corrected chi connectivity index (χ1v) is 7.57. The molecular formula is C16H25N3O2. The monoisotopic (exact) mass is 291 g/mol. The van der Waals surface area contributed by atoms with Crippen LogP contribution in [0, 0.1) is 0 Å². The predicted molar refractivity (Wildman–Crippen MR) is 82.7 cm³/mol. The van der Waals surface area contributed by atoms with Gasteiger partial charge in [-0.25, -0.2) is 0 Å². The maximum absolute atomic E-state index is 11.4. The van der Waals surface area contributed by atoms with Crippen LogP contribution in [0.3, 0.4) is 0 Å². The normalized spacial score (nSPS) is 16.9. The molecule has 0 bridgehead atoms. The summed E-state index contributed by atoms with van der Waals surface area (Å²) in [5, 5.41) is 15.2. The summed E-state index contributed by atoms with van der Waals surface area (Å²) in [5.41, 5.74) is 2.38. The number of carbonyl (C=O) groups excluding carboxylic acids is 1. The fourth-order valence-electron chi connectivity index (χ4n) is 2.52. The molecule has 1 aliphatic heterocycles. The van der Waals surface area contributed by atoms with Crippen LogP contribution in [0.25, 0.3) is 0 Å². The van der Waals surface area contributed by atoms with Gasteiger partial charge in [0.05, 0.1) is 12.6 Å². The third kappa shape index (κ3) is 5.46. The first kappa shape index (κ1) is 15.9. The van der Waals surface area contributed by atoms with E-state index in [9.17, 15) is 9.90 Å². The number of nitrogens with zero attached hydrogens (tertiary/aromatic N) is 1. The predicted octanol–water partition coefficient (Wildman–Crippen LogP) is 0.479.